The number of thioether (sulfide) groups is 1. The van der Waals surface area contributed by atoms with Crippen LogP contribution < -0.4 is 0 Å². The lowest BCUT2D eigenvalue weighted by Crippen LogP contribution is -2.00. The van der Waals surface area contributed by atoms with E-state index in [0.717, 1.165) is 4.90 Å². The van der Waals surface area contributed by atoms with Crippen LogP contribution in [0.1, 0.15) is 12.0 Å². The molecule has 3 nitrogen and oxygen atoms in total. The van der Waals surface area contributed by atoms with Crippen molar-refractivity contribution < 1.29 is 9.53 Å². The van der Waals surface area contributed by atoms with E-state index >= 15 is 0 Å². The van der Waals surface area contributed by atoms with Gasteiger partial charge in [0.05, 0.1) is 25.2 Å². The van der Waals surface area contributed by atoms with E-state index in [9.17, 15) is 4.79 Å². The summed E-state index contributed by atoms with van der Waals surface area (Å²) in [5.41, 5.74) is 0.637. The molecular formula is C11H11NO2S. The summed E-state index contributed by atoms with van der Waals surface area (Å²) in [6, 6.07) is 9.39. The van der Waals surface area contributed by atoms with Gasteiger partial charge in [-0.05, 0) is 18.2 Å². The Labute approximate surface area is 93.0 Å². The third-order valence-corrected chi connectivity index (χ3v) is 2.76. The molecule has 0 amide bonds. The smallest absolute Gasteiger partial charge is 0.306 e. The van der Waals surface area contributed by atoms with Gasteiger partial charge >= 0.3 is 5.97 Å². The molecule has 0 bridgehead atoms. The second-order valence-electron chi connectivity index (χ2n) is 2.81. The summed E-state index contributed by atoms with van der Waals surface area (Å²) in [7, 11) is 1.38. The van der Waals surface area contributed by atoms with Crippen molar-refractivity contribution in [3.8, 4) is 6.07 Å². The van der Waals surface area contributed by atoms with E-state index in [4.69, 9.17) is 5.26 Å². The minimum absolute atomic E-state index is 0.209. The molecule has 0 spiro atoms. The van der Waals surface area contributed by atoms with Gasteiger partial charge in [0.2, 0.25) is 0 Å². The molecule has 0 radical (unpaired) electrons. The Kier molecular flexibility index (Phi) is 4.72. The zero-order chi connectivity index (χ0) is 11.1. The van der Waals surface area contributed by atoms with Crippen molar-refractivity contribution in [2.45, 2.75) is 11.3 Å². The van der Waals surface area contributed by atoms with Crippen LogP contribution in [0.4, 0.5) is 0 Å². The highest BCUT2D eigenvalue weighted by Gasteiger charge is 2.01. The molecule has 4 heteroatoms. The number of nitrogens with zero attached hydrogens (tertiary/aromatic N) is 1. The van der Waals surface area contributed by atoms with Crippen molar-refractivity contribution in [3.05, 3.63) is 29.8 Å². The summed E-state index contributed by atoms with van der Waals surface area (Å²) in [6.45, 7) is 0. The lowest BCUT2D eigenvalue weighted by Gasteiger charge is -2.00. The standard InChI is InChI=1S/C11H11NO2S/c1-14-11(13)5-6-15-10-4-2-3-9(7-10)8-12/h2-4,7H,5-6H2,1H3. The predicted octanol–water partition coefficient (Wildman–Crippen LogP) is 2.21. The average molecular weight is 221 g/mol. The van der Waals surface area contributed by atoms with Crippen molar-refractivity contribution in [1.29, 1.82) is 5.26 Å². The van der Waals surface area contributed by atoms with Gasteiger partial charge in [-0.25, -0.2) is 0 Å². The third kappa shape index (κ3) is 4.05. The largest absolute Gasteiger partial charge is 0.469 e. The molecule has 0 N–H and O–H groups in total. The molecule has 1 rings (SSSR count). The van der Waals surface area contributed by atoms with Crippen LogP contribution in [0.5, 0.6) is 0 Å². The number of ether oxygens (including phenoxy) is 1. The summed E-state index contributed by atoms with van der Waals surface area (Å²) >= 11 is 1.54. The number of methoxy groups -OCH3 is 1. The van der Waals surface area contributed by atoms with E-state index < -0.39 is 0 Å². The second-order valence-corrected chi connectivity index (χ2v) is 3.98. The van der Waals surface area contributed by atoms with E-state index in [1.54, 1.807) is 17.8 Å². The van der Waals surface area contributed by atoms with Crippen LogP contribution in [0, 0.1) is 11.3 Å². The van der Waals surface area contributed by atoms with Crippen LogP contribution in [0.2, 0.25) is 0 Å². The Morgan fingerprint density at radius 2 is 2.40 bits per heavy atom. The maximum absolute atomic E-state index is 10.8. The number of carbonyl (C=O) groups excluding carboxylic acids is 1. The Morgan fingerprint density at radius 3 is 3.07 bits per heavy atom. The zero-order valence-electron chi connectivity index (χ0n) is 8.40. The fraction of sp³-hybridized carbons (Fsp3) is 0.273. The van der Waals surface area contributed by atoms with E-state index in [2.05, 4.69) is 10.8 Å². The monoisotopic (exact) mass is 221 g/mol. The summed E-state index contributed by atoms with van der Waals surface area (Å²) < 4.78 is 4.53. The van der Waals surface area contributed by atoms with E-state index in [1.807, 2.05) is 18.2 Å². The molecule has 0 saturated carbocycles. The number of hydrogen-bond donors (Lipinski definition) is 0. The van der Waals surface area contributed by atoms with Crippen molar-refractivity contribution in [1.82, 2.24) is 0 Å². The fourth-order valence-corrected chi connectivity index (χ4v) is 1.90. The molecule has 78 valence electrons. The third-order valence-electron chi connectivity index (χ3n) is 1.77. The lowest BCUT2D eigenvalue weighted by atomic mass is 10.2. The first-order valence-electron chi connectivity index (χ1n) is 4.46. The van der Waals surface area contributed by atoms with Gasteiger partial charge in [0, 0.05) is 10.6 Å². The van der Waals surface area contributed by atoms with Gasteiger partial charge in [0.1, 0.15) is 0 Å². The van der Waals surface area contributed by atoms with E-state index in [-0.39, 0.29) is 5.97 Å². The highest BCUT2D eigenvalue weighted by Crippen LogP contribution is 2.19. The topological polar surface area (TPSA) is 50.1 Å². The average Bonchev–Trinajstić information content (AvgIpc) is 2.29. The van der Waals surface area contributed by atoms with Gasteiger partial charge in [-0.2, -0.15) is 5.26 Å². The van der Waals surface area contributed by atoms with Crippen LogP contribution in [0.15, 0.2) is 29.2 Å². The fourth-order valence-electron chi connectivity index (χ4n) is 1.01. The number of benzene rings is 1. The summed E-state index contributed by atoms with van der Waals surface area (Å²) in [4.78, 5) is 11.8. The molecule has 0 unspecified atom stereocenters. The molecule has 15 heavy (non-hydrogen) atoms. The van der Waals surface area contributed by atoms with Gasteiger partial charge in [0.15, 0.2) is 0 Å². The lowest BCUT2D eigenvalue weighted by molar-refractivity contribution is -0.140. The van der Waals surface area contributed by atoms with Gasteiger partial charge in [-0.3, -0.25) is 4.79 Å². The van der Waals surface area contributed by atoms with Gasteiger partial charge in [0.25, 0.3) is 0 Å². The van der Waals surface area contributed by atoms with Crippen LogP contribution in [-0.4, -0.2) is 18.8 Å². The maximum Gasteiger partial charge on any atom is 0.306 e. The molecule has 0 atom stereocenters. The van der Waals surface area contributed by atoms with Crippen LogP contribution in [-0.2, 0) is 9.53 Å². The summed E-state index contributed by atoms with van der Waals surface area (Å²) in [6.07, 6.45) is 0.387. The highest BCUT2D eigenvalue weighted by molar-refractivity contribution is 7.99. The molecule has 0 aromatic heterocycles. The Hall–Kier alpha value is -1.47. The Bertz CT molecular complexity index is 384. The molecule has 0 aliphatic carbocycles. The minimum atomic E-state index is -0.209. The van der Waals surface area contributed by atoms with Gasteiger partial charge in [-0.1, -0.05) is 6.07 Å². The minimum Gasteiger partial charge on any atom is -0.469 e. The van der Waals surface area contributed by atoms with E-state index in [1.165, 1.54) is 7.11 Å². The molecule has 1 aromatic carbocycles. The van der Waals surface area contributed by atoms with Crippen LogP contribution in [0.25, 0.3) is 0 Å². The predicted molar refractivity (Wildman–Crippen MR) is 58.5 cm³/mol. The van der Waals surface area contributed by atoms with Crippen LogP contribution >= 0.6 is 11.8 Å². The number of nitriles is 1. The highest BCUT2D eigenvalue weighted by atomic mass is 32.2. The normalized spacial score (nSPS) is 9.33. The molecule has 0 fully saturated rings. The Balaban J connectivity index is 2.44. The molecular weight excluding hydrogens is 210 g/mol. The number of rotatable bonds is 4. The quantitative estimate of drug-likeness (QED) is 0.577. The molecule has 0 aliphatic heterocycles. The van der Waals surface area contributed by atoms with Crippen molar-refractivity contribution in [3.63, 3.8) is 0 Å². The summed E-state index contributed by atoms with van der Waals surface area (Å²) in [5, 5.41) is 8.68. The Morgan fingerprint density at radius 1 is 1.60 bits per heavy atom. The van der Waals surface area contributed by atoms with Crippen molar-refractivity contribution in [2.75, 3.05) is 12.9 Å². The van der Waals surface area contributed by atoms with Gasteiger partial charge < -0.3 is 4.74 Å². The van der Waals surface area contributed by atoms with Crippen molar-refractivity contribution >= 4 is 17.7 Å². The SMILES string of the molecule is COC(=O)CCSc1cccc(C#N)c1. The molecule has 0 heterocycles. The maximum atomic E-state index is 10.8. The zero-order valence-corrected chi connectivity index (χ0v) is 9.21. The van der Waals surface area contributed by atoms with Crippen LogP contribution in [0.3, 0.4) is 0 Å². The number of carbonyl (C=O) groups is 1. The molecule has 1 aromatic rings. The molecule has 0 aliphatic rings. The second kappa shape index (κ2) is 6.10. The first kappa shape index (κ1) is 11.6. The first-order chi connectivity index (χ1) is 7.26. The number of esters is 1. The molecule has 0 saturated heterocycles. The van der Waals surface area contributed by atoms with Crippen molar-refractivity contribution in [2.24, 2.45) is 0 Å². The van der Waals surface area contributed by atoms with E-state index in [0.29, 0.717) is 17.7 Å². The first-order valence-corrected chi connectivity index (χ1v) is 5.44. The van der Waals surface area contributed by atoms with Gasteiger partial charge in [-0.15, -0.1) is 11.8 Å². The number of hydrogen-bond acceptors (Lipinski definition) is 4. The summed E-state index contributed by atoms with van der Waals surface area (Å²) in [5.74, 6) is 0.459.